The standard InChI is InChI=1S/C10H10FN5O2S/c11-7-5-6(10(12)13)1-2-8(7)16-19(17,18)9-3-4-14-15-9/h1-5,16H,(H3,12,13)(H,14,15). The van der Waals surface area contributed by atoms with E-state index in [9.17, 15) is 12.8 Å². The Kier molecular flexibility index (Phi) is 3.21. The van der Waals surface area contributed by atoms with Crippen molar-refractivity contribution in [3.05, 3.63) is 41.8 Å². The summed E-state index contributed by atoms with van der Waals surface area (Å²) in [6, 6.07) is 4.76. The van der Waals surface area contributed by atoms with Crippen molar-refractivity contribution in [3.63, 3.8) is 0 Å². The lowest BCUT2D eigenvalue weighted by Gasteiger charge is -2.08. The summed E-state index contributed by atoms with van der Waals surface area (Å²) in [6.07, 6.45) is 1.27. The molecule has 19 heavy (non-hydrogen) atoms. The Balaban J connectivity index is 2.32. The molecule has 0 saturated heterocycles. The van der Waals surface area contributed by atoms with Gasteiger partial charge in [-0.1, -0.05) is 0 Å². The number of nitrogens with two attached hydrogens (primary N) is 1. The SMILES string of the molecule is N=C(N)c1ccc(NS(=O)(=O)c2ccn[nH]2)c(F)c1. The topological polar surface area (TPSA) is 125 Å². The normalized spacial score (nSPS) is 11.2. The van der Waals surface area contributed by atoms with Gasteiger partial charge in [0, 0.05) is 5.56 Å². The molecule has 0 radical (unpaired) electrons. The molecule has 0 bridgehead atoms. The number of aromatic nitrogens is 2. The Morgan fingerprint density at radius 1 is 1.42 bits per heavy atom. The fourth-order valence-electron chi connectivity index (χ4n) is 1.36. The third kappa shape index (κ3) is 2.71. The first-order valence-electron chi connectivity index (χ1n) is 5.06. The van der Waals surface area contributed by atoms with Crippen molar-refractivity contribution in [2.45, 2.75) is 5.03 Å². The highest BCUT2D eigenvalue weighted by atomic mass is 32.2. The van der Waals surface area contributed by atoms with E-state index >= 15 is 0 Å². The van der Waals surface area contributed by atoms with Gasteiger partial charge >= 0.3 is 0 Å². The molecule has 0 aliphatic carbocycles. The van der Waals surface area contributed by atoms with E-state index in [-0.39, 0.29) is 22.1 Å². The Hall–Kier alpha value is -2.42. The lowest BCUT2D eigenvalue weighted by molar-refractivity contribution is 0.594. The average molecular weight is 283 g/mol. The van der Waals surface area contributed by atoms with E-state index in [1.54, 1.807) is 0 Å². The van der Waals surface area contributed by atoms with Crippen molar-refractivity contribution in [2.75, 3.05) is 4.72 Å². The van der Waals surface area contributed by atoms with Gasteiger partial charge in [0.25, 0.3) is 10.0 Å². The van der Waals surface area contributed by atoms with E-state index in [4.69, 9.17) is 11.1 Å². The summed E-state index contributed by atoms with van der Waals surface area (Å²) >= 11 is 0. The van der Waals surface area contributed by atoms with Crippen LogP contribution < -0.4 is 10.5 Å². The Morgan fingerprint density at radius 2 is 2.16 bits per heavy atom. The minimum atomic E-state index is -3.92. The van der Waals surface area contributed by atoms with Crippen LogP contribution in [0, 0.1) is 11.2 Å². The van der Waals surface area contributed by atoms with Crippen LogP contribution in [-0.4, -0.2) is 24.5 Å². The van der Waals surface area contributed by atoms with Crippen LogP contribution in [0.3, 0.4) is 0 Å². The summed E-state index contributed by atoms with van der Waals surface area (Å²) in [4.78, 5) is 0. The molecule has 0 fully saturated rings. The summed E-state index contributed by atoms with van der Waals surface area (Å²) in [5.74, 6) is -1.13. The first kappa shape index (κ1) is 13.0. The minimum absolute atomic E-state index is 0.169. The number of nitrogens with one attached hydrogen (secondary N) is 3. The molecule has 5 N–H and O–H groups in total. The smallest absolute Gasteiger partial charge is 0.278 e. The predicted octanol–water partition coefficient (Wildman–Crippen LogP) is 0.634. The number of aromatic amines is 1. The molecule has 0 aliphatic rings. The number of rotatable bonds is 4. The summed E-state index contributed by atoms with van der Waals surface area (Å²) in [5, 5.41) is 12.8. The van der Waals surface area contributed by atoms with E-state index < -0.39 is 15.8 Å². The molecule has 0 aliphatic heterocycles. The van der Waals surface area contributed by atoms with Crippen LogP contribution in [0.15, 0.2) is 35.5 Å². The van der Waals surface area contributed by atoms with Gasteiger partial charge in [0.2, 0.25) is 0 Å². The predicted molar refractivity (Wildman–Crippen MR) is 66.8 cm³/mol. The molecule has 100 valence electrons. The van der Waals surface area contributed by atoms with Crippen molar-refractivity contribution in [1.29, 1.82) is 5.41 Å². The molecule has 0 spiro atoms. The summed E-state index contributed by atoms with van der Waals surface area (Å²) in [6.45, 7) is 0. The first-order chi connectivity index (χ1) is 8.90. The zero-order chi connectivity index (χ0) is 14.0. The zero-order valence-corrected chi connectivity index (χ0v) is 10.3. The van der Waals surface area contributed by atoms with E-state index in [0.29, 0.717) is 0 Å². The van der Waals surface area contributed by atoms with Crippen molar-refractivity contribution in [3.8, 4) is 0 Å². The molecule has 7 nitrogen and oxygen atoms in total. The molecule has 2 rings (SSSR count). The Bertz CT molecular complexity index is 712. The van der Waals surface area contributed by atoms with E-state index in [1.165, 1.54) is 24.4 Å². The molecule has 2 aromatic rings. The average Bonchev–Trinajstić information content (AvgIpc) is 2.85. The van der Waals surface area contributed by atoms with Crippen molar-refractivity contribution in [1.82, 2.24) is 10.2 Å². The second kappa shape index (κ2) is 4.69. The second-order valence-electron chi connectivity index (χ2n) is 3.63. The third-order valence-electron chi connectivity index (χ3n) is 2.29. The maximum atomic E-state index is 13.7. The zero-order valence-electron chi connectivity index (χ0n) is 9.51. The van der Waals surface area contributed by atoms with Crippen molar-refractivity contribution >= 4 is 21.5 Å². The first-order valence-corrected chi connectivity index (χ1v) is 6.54. The highest BCUT2D eigenvalue weighted by Crippen LogP contribution is 2.19. The number of halogens is 1. The van der Waals surface area contributed by atoms with Crippen LogP contribution in [-0.2, 0) is 10.0 Å². The molecular formula is C10H10FN5O2S. The quantitative estimate of drug-likeness (QED) is 0.485. The number of sulfonamides is 1. The number of nitrogens with zero attached hydrogens (tertiary/aromatic N) is 1. The van der Waals surface area contributed by atoms with Crippen LogP contribution in [0.4, 0.5) is 10.1 Å². The number of nitrogen functional groups attached to an aromatic ring is 1. The Labute approximate surface area is 108 Å². The second-order valence-corrected chi connectivity index (χ2v) is 5.29. The van der Waals surface area contributed by atoms with Gasteiger partial charge < -0.3 is 5.73 Å². The van der Waals surface area contributed by atoms with Gasteiger partial charge in [0.1, 0.15) is 11.7 Å². The molecule has 0 amide bonds. The lowest BCUT2D eigenvalue weighted by Crippen LogP contribution is -2.16. The molecular weight excluding hydrogens is 273 g/mol. The van der Waals surface area contributed by atoms with Gasteiger partial charge in [-0.25, -0.2) is 4.39 Å². The fourth-order valence-corrected chi connectivity index (χ4v) is 2.34. The lowest BCUT2D eigenvalue weighted by atomic mass is 10.2. The van der Waals surface area contributed by atoms with E-state index in [2.05, 4.69) is 14.9 Å². The van der Waals surface area contributed by atoms with Gasteiger partial charge in [-0.2, -0.15) is 13.5 Å². The van der Waals surface area contributed by atoms with Crippen molar-refractivity contribution in [2.24, 2.45) is 5.73 Å². The molecule has 0 saturated carbocycles. The molecule has 0 unspecified atom stereocenters. The number of anilines is 1. The Morgan fingerprint density at radius 3 is 2.68 bits per heavy atom. The molecule has 1 heterocycles. The van der Waals surface area contributed by atoms with Crippen LogP contribution in [0.2, 0.25) is 0 Å². The van der Waals surface area contributed by atoms with Gasteiger partial charge in [0.15, 0.2) is 5.03 Å². The number of H-pyrrole nitrogens is 1. The summed E-state index contributed by atoms with van der Waals surface area (Å²) < 4.78 is 39.4. The maximum absolute atomic E-state index is 13.7. The highest BCUT2D eigenvalue weighted by Gasteiger charge is 2.17. The van der Waals surface area contributed by atoms with Crippen LogP contribution in [0.5, 0.6) is 0 Å². The van der Waals surface area contributed by atoms with Crippen LogP contribution in [0.25, 0.3) is 0 Å². The molecule has 1 aromatic heterocycles. The van der Waals surface area contributed by atoms with Gasteiger partial charge in [-0.15, -0.1) is 0 Å². The van der Waals surface area contributed by atoms with Crippen molar-refractivity contribution < 1.29 is 12.8 Å². The monoisotopic (exact) mass is 283 g/mol. The number of hydrogen-bond acceptors (Lipinski definition) is 4. The number of hydrogen-bond donors (Lipinski definition) is 4. The largest absolute Gasteiger partial charge is 0.384 e. The summed E-state index contributed by atoms with van der Waals surface area (Å²) in [7, 11) is -3.92. The molecule has 1 aromatic carbocycles. The van der Waals surface area contributed by atoms with Crippen LogP contribution in [0.1, 0.15) is 5.56 Å². The van der Waals surface area contributed by atoms with E-state index in [0.717, 1.165) is 6.07 Å². The summed E-state index contributed by atoms with van der Waals surface area (Å²) in [5.41, 5.74) is 5.13. The highest BCUT2D eigenvalue weighted by molar-refractivity contribution is 7.92. The molecule has 9 heteroatoms. The fraction of sp³-hybridized carbons (Fsp3) is 0. The minimum Gasteiger partial charge on any atom is -0.384 e. The van der Waals surface area contributed by atoms with Gasteiger partial charge in [0.05, 0.1) is 11.9 Å². The maximum Gasteiger partial charge on any atom is 0.278 e. The third-order valence-corrected chi connectivity index (χ3v) is 3.58. The van der Waals surface area contributed by atoms with Gasteiger partial charge in [-0.05, 0) is 24.3 Å². The van der Waals surface area contributed by atoms with E-state index in [1.807, 2.05) is 0 Å². The number of benzene rings is 1. The molecule has 0 atom stereocenters. The van der Waals surface area contributed by atoms with Gasteiger partial charge in [-0.3, -0.25) is 15.2 Å². The number of amidine groups is 1. The van der Waals surface area contributed by atoms with Crippen LogP contribution >= 0.6 is 0 Å².